The van der Waals surface area contributed by atoms with Gasteiger partial charge in [0.05, 0.1) is 42.7 Å². The van der Waals surface area contributed by atoms with Gasteiger partial charge >= 0.3 is 0 Å². The molecule has 0 atom stereocenters. The van der Waals surface area contributed by atoms with Crippen molar-refractivity contribution in [3.63, 3.8) is 0 Å². The number of hydrogen-bond donors (Lipinski definition) is 0. The third-order valence-corrected chi connectivity index (χ3v) is 10.6. The summed E-state index contributed by atoms with van der Waals surface area (Å²) in [5.41, 5.74) is 0. The summed E-state index contributed by atoms with van der Waals surface area (Å²) in [7, 11) is 10.0. The average Bonchev–Trinajstić information content (AvgIpc) is 3.21. The number of ether oxygens (including phenoxy) is 6. The van der Waals surface area contributed by atoms with Crippen LogP contribution in [0.25, 0.3) is 0 Å². The molecule has 0 bridgehead atoms. The molecular formula is C42H48F6I6O6. The molecule has 0 fully saturated rings. The maximum Gasteiger partial charge on any atom is 0.118 e. The van der Waals surface area contributed by atoms with Crippen LogP contribution in [0.3, 0.4) is 0 Å². The number of methoxy groups -OCH3 is 6. The molecule has 0 aromatic heterocycles. The summed E-state index contributed by atoms with van der Waals surface area (Å²) in [6, 6.07) is 47.5. The zero-order chi connectivity index (χ0) is 40.1. The van der Waals surface area contributed by atoms with Gasteiger partial charge in [-0.3, -0.25) is 28.2 Å². The minimum absolute atomic E-state index is 0. The molecule has 6 nitrogen and oxygen atoms in total. The normalized spacial score (nSPS) is 8.20. The van der Waals surface area contributed by atoms with Gasteiger partial charge in [0.15, 0.2) is 0 Å². The first-order valence-electron chi connectivity index (χ1n) is 15.7. The van der Waals surface area contributed by atoms with Gasteiger partial charge in [0.25, 0.3) is 0 Å². The lowest BCUT2D eigenvalue weighted by Gasteiger charge is -1.96. The highest BCUT2D eigenvalue weighted by atomic mass is 127. The molecule has 0 amide bonds. The van der Waals surface area contributed by atoms with Crippen LogP contribution in [0, 0.1) is 21.4 Å². The van der Waals surface area contributed by atoms with Crippen LogP contribution >= 0.6 is 136 Å². The van der Waals surface area contributed by atoms with Gasteiger partial charge < -0.3 is 28.4 Å². The summed E-state index contributed by atoms with van der Waals surface area (Å²) in [6.45, 7) is 0. The molecule has 18 heteroatoms. The summed E-state index contributed by atoms with van der Waals surface area (Å²) < 4.78 is 37.2. The monoisotopic (exact) mass is 1520 g/mol. The lowest BCUT2D eigenvalue weighted by Crippen LogP contribution is -1.80. The van der Waals surface area contributed by atoms with Crippen molar-refractivity contribution in [1.82, 2.24) is 0 Å². The van der Waals surface area contributed by atoms with Crippen molar-refractivity contribution in [2.45, 2.75) is 0 Å². The van der Waals surface area contributed by atoms with Gasteiger partial charge in [0.2, 0.25) is 0 Å². The third-order valence-electron chi connectivity index (χ3n) is 6.30. The zero-order valence-electron chi connectivity index (χ0n) is 33.0. The van der Waals surface area contributed by atoms with Crippen LogP contribution in [0.1, 0.15) is 0 Å². The lowest BCUT2D eigenvalue weighted by atomic mass is 10.3. The van der Waals surface area contributed by atoms with Gasteiger partial charge in [0.1, 0.15) is 34.5 Å². The molecule has 0 saturated carbocycles. The Balaban J connectivity index is -0.000000143. The van der Waals surface area contributed by atoms with Crippen LogP contribution in [-0.4, -0.2) is 42.7 Å². The van der Waals surface area contributed by atoms with E-state index in [1.807, 2.05) is 146 Å². The summed E-state index contributed by atoms with van der Waals surface area (Å²) in [4.78, 5) is 0. The Bertz CT molecular complexity index is 1460. The minimum Gasteiger partial charge on any atom is -0.497 e. The molecule has 0 saturated heterocycles. The van der Waals surface area contributed by atoms with Crippen LogP contribution in [0.5, 0.6) is 34.5 Å². The summed E-state index contributed by atoms with van der Waals surface area (Å²) in [6.07, 6.45) is 0. The summed E-state index contributed by atoms with van der Waals surface area (Å²) >= 11 is 13.5. The van der Waals surface area contributed by atoms with E-state index in [0.29, 0.717) is 0 Å². The van der Waals surface area contributed by atoms with Crippen molar-refractivity contribution in [1.29, 1.82) is 0 Å². The maximum atomic E-state index is 4.97. The fourth-order valence-electron chi connectivity index (χ4n) is 3.42. The second-order valence-electron chi connectivity index (χ2n) is 9.95. The molecule has 0 N–H and O–H groups in total. The summed E-state index contributed by atoms with van der Waals surface area (Å²) in [5.74, 6) is 5.47. The van der Waals surface area contributed by atoms with Gasteiger partial charge in [-0.2, -0.15) is 0 Å². The van der Waals surface area contributed by atoms with Gasteiger partial charge in [0, 0.05) is 21.4 Å². The van der Waals surface area contributed by atoms with E-state index in [1.54, 1.807) is 42.7 Å². The van der Waals surface area contributed by atoms with E-state index in [-0.39, 0.29) is 28.2 Å². The smallest absolute Gasteiger partial charge is 0.118 e. The van der Waals surface area contributed by atoms with E-state index in [4.69, 9.17) is 28.4 Å². The van der Waals surface area contributed by atoms with E-state index in [9.17, 15) is 0 Å². The standard InChI is InChI=1S/6C7H7IO.6FH/c6*1-9-7-4-2-6(8)3-5-7;;;;;;/h6*2-5H,1H3;6*1H. The Kier molecular flexibility index (Phi) is 50.8. The van der Waals surface area contributed by atoms with Crippen LogP contribution < -0.4 is 28.4 Å². The fourth-order valence-corrected chi connectivity index (χ4v) is 5.58. The molecular weight excluding hydrogens is 1480 g/mol. The van der Waals surface area contributed by atoms with E-state index >= 15 is 0 Å². The number of hydrogen-bond acceptors (Lipinski definition) is 6. The molecule has 0 heterocycles. The van der Waals surface area contributed by atoms with Crippen LogP contribution in [-0.2, 0) is 0 Å². The molecule has 0 aliphatic carbocycles. The van der Waals surface area contributed by atoms with Gasteiger partial charge in [-0.1, -0.05) is 0 Å². The van der Waals surface area contributed by atoms with E-state index in [0.717, 1.165) is 34.5 Å². The number of benzene rings is 6. The predicted octanol–water partition coefficient (Wildman–Crippen LogP) is 14.7. The second kappa shape index (κ2) is 43.7. The molecule has 0 unspecified atom stereocenters. The first-order chi connectivity index (χ1) is 26.0. The molecule has 0 aliphatic heterocycles. The number of halogens is 12. The maximum absolute atomic E-state index is 4.97. The highest BCUT2D eigenvalue weighted by molar-refractivity contribution is 14.1. The van der Waals surface area contributed by atoms with E-state index < -0.39 is 0 Å². The highest BCUT2D eigenvalue weighted by Crippen LogP contribution is 2.16. The minimum atomic E-state index is 0. The second-order valence-corrected chi connectivity index (χ2v) is 17.4. The topological polar surface area (TPSA) is 55.4 Å². The van der Waals surface area contributed by atoms with E-state index in [1.165, 1.54) is 21.4 Å². The molecule has 0 spiro atoms. The first-order valence-corrected chi connectivity index (χ1v) is 22.2. The molecule has 6 aromatic rings. The zero-order valence-corrected chi connectivity index (χ0v) is 46.0. The first kappa shape index (κ1) is 69.8. The lowest BCUT2D eigenvalue weighted by molar-refractivity contribution is 0.414. The third kappa shape index (κ3) is 34.6. The van der Waals surface area contributed by atoms with Crippen LogP contribution in [0.2, 0.25) is 0 Å². The van der Waals surface area contributed by atoms with Crippen molar-refractivity contribution in [3.8, 4) is 34.5 Å². The quantitative estimate of drug-likeness (QED) is 0.122. The molecule has 60 heavy (non-hydrogen) atoms. The Labute approximate surface area is 431 Å². The Morgan fingerprint density at radius 1 is 0.200 bits per heavy atom. The van der Waals surface area contributed by atoms with Gasteiger partial charge in [-0.15, -0.1) is 0 Å². The van der Waals surface area contributed by atoms with Gasteiger partial charge in [-0.05, 0) is 281 Å². The molecule has 6 rings (SSSR count). The van der Waals surface area contributed by atoms with Crippen molar-refractivity contribution in [2.75, 3.05) is 42.7 Å². The Morgan fingerprint density at radius 2 is 0.283 bits per heavy atom. The molecule has 0 radical (unpaired) electrons. The van der Waals surface area contributed by atoms with Crippen molar-refractivity contribution in [3.05, 3.63) is 167 Å². The fraction of sp³-hybridized carbons (Fsp3) is 0.143. The summed E-state index contributed by atoms with van der Waals surface area (Å²) in [5, 5.41) is 0. The van der Waals surface area contributed by atoms with Crippen molar-refractivity contribution in [2.24, 2.45) is 0 Å². The molecule has 336 valence electrons. The van der Waals surface area contributed by atoms with E-state index in [2.05, 4.69) is 136 Å². The SMILES string of the molecule is COc1ccc(I)cc1.COc1ccc(I)cc1.COc1ccc(I)cc1.COc1ccc(I)cc1.COc1ccc(I)cc1.COc1ccc(I)cc1.F.F.F.F.F.F. The van der Waals surface area contributed by atoms with Crippen LogP contribution in [0.15, 0.2) is 146 Å². The Hall–Kier alpha value is -1.92. The van der Waals surface area contributed by atoms with Crippen molar-refractivity contribution < 1.29 is 56.6 Å². The molecule has 0 aliphatic rings. The Morgan fingerprint density at radius 3 is 0.350 bits per heavy atom. The molecule has 6 aromatic carbocycles. The highest BCUT2D eigenvalue weighted by Gasteiger charge is 1.90. The van der Waals surface area contributed by atoms with Gasteiger partial charge in [-0.25, -0.2) is 0 Å². The largest absolute Gasteiger partial charge is 0.497 e. The van der Waals surface area contributed by atoms with Crippen LogP contribution in [0.4, 0.5) is 28.2 Å². The predicted molar refractivity (Wildman–Crippen MR) is 289 cm³/mol. The average molecular weight is 1520 g/mol. The number of rotatable bonds is 6. The van der Waals surface area contributed by atoms with Crippen molar-refractivity contribution >= 4 is 136 Å².